The van der Waals surface area contributed by atoms with E-state index < -0.39 is 0 Å². The van der Waals surface area contributed by atoms with Gasteiger partial charge in [0.05, 0.1) is 0 Å². The molecule has 1 aliphatic heterocycles. The molecule has 0 unspecified atom stereocenters. The minimum Gasteiger partial charge on any atom is -0.293 e. The number of allylic oxidation sites excluding steroid dienone is 1. The van der Waals surface area contributed by atoms with Gasteiger partial charge in [0.25, 0.3) is 0 Å². The lowest BCUT2D eigenvalue weighted by atomic mass is 10.5. The molecule has 1 rings (SSSR count). The van der Waals surface area contributed by atoms with E-state index >= 15 is 0 Å². The van der Waals surface area contributed by atoms with Crippen LogP contribution in [-0.4, -0.2) is 17.3 Å². The molecule has 0 fully saturated rings. The minimum atomic E-state index is -0.0730. The second kappa shape index (κ2) is 2.51. The number of aliphatic imine (C=N–C) groups is 1. The lowest BCUT2D eigenvalue weighted by Gasteiger charge is -2.20. The number of carbonyl (C=O) groups excluding carboxylic acids is 1. The van der Waals surface area contributed by atoms with Gasteiger partial charge in [0.15, 0.2) is 0 Å². The molecule has 0 bridgehead atoms. The van der Waals surface area contributed by atoms with Crippen molar-refractivity contribution in [2.75, 3.05) is 0 Å². The van der Waals surface area contributed by atoms with Gasteiger partial charge in [-0.15, -0.1) is 0 Å². The van der Waals surface area contributed by atoms with Crippen LogP contribution in [-0.2, 0) is 4.79 Å². The Morgan fingerprint density at radius 2 is 2.50 bits per heavy atom. The SMILES string of the molecule is CC(=O)N1C=NC=C(C)N1. The number of rotatable bonds is 0. The zero-order valence-electron chi connectivity index (χ0n) is 5.96. The van der Waals surface area contributed by atoms with Crippen LogP contribution >= 0.6 is 0 Å². The molecule has 4 nitrogen and oxygen atoms in total. The van der Waals surface area contributed by atoms with Crippen LogP contribution in [0.15, 0.2) is 16.9 Å². The molecule has 0 radical (unpaired) electrons. The van der Waals surface area contributed by atoms with E-state index in [-0.39, 0.29) is 5.91 Å². The Hall–Kier alpha value is -1.32. The maximum atomic E-state index is 10.7. The van der Waals surface area contributed by atoms with Gasteiger partial charge >= 0.3 is 0 Å². The fourth-order valence-corrected chi connectivity index (χ4v) is 0.620. The topological polar surface area (TPSA) is 44.7 Å². The van der Waals surface area contributed by atoms with Crippen LogP contribution in [0.2, 0.25) is 0 Å². The van der Waals surface area contributed by atoms with E-state index in [1.54, 1.807) is 6.20 Å². The van der Waals surface area contributed by atoms with Gasteiger partial charge in [-0.2, -0.15) is 0 Å². The van der Waals surface area contributed by atoms with Gasteiger partial charge in [-0.05, 0) is 6.92 Å². The first-order chi connectivity index (χ1) is 4.70. The monoisotopic (exact) mass is 139 g/mol. The predicted octanol–water partition coefficient (Wildman–Crippen LogP) is 0.243. The van der Waals surface area contributed by atoms with Crippen molar-refractivity contribution in [1.29, 1.82) is 0 Å². The van der Waals surface area contributed by atoms with Crippen LogP contribution in [0, 0.1) is 0 Å². The average Bonchev–Trinajstić information content (AvgIpc) is 1.88. The predicted molar refractivity (Wildman–Crippen MR) is 37.9 cm³/mol. The molecule has 0 aromatic heterocycles. The lowest BCUT2D eigenvalue weighted by Crippen LogP contribution is -2.40. The van der Waals surface area contributed by atoms with E-state index in [1.165, 1.54) is 18.3 Å². The van der Waals surface area contributed by atoms with Crippen LogP contribution < -0.4 is 5.43 Å². The summed E-state index contributed by atoms with van der Waals surface area (Å²) in [6, 6.07) is 0. The molecular formula is C6H9N3O. The highest BCUT2D eigenvalue weighted by atomic mass is 16.2. The van der Waals surface area contributed by atoms with Crippen molar-refractivity contribution >= 4 is 12.2 Å². The number of nitrogens with one attached hydrogen (secondary N) is 1. The molecular weight excluding hydrogens is 130 g/mol. The van der Waals surface area contributed by atoms with Crippen molar-refractivity contribution in [2.45, 2.75) is 13.8 Å². The van der Waals surface area contributed by atoms with Gasteiger partial charge in [-0.1, -0.05) is 0 Å². The highest BCUT2D eigenvalue weighted by Crippen LogP contribution is 1.95. The highest BCUT2D eigenvalue weighted by Gasteiger charge is 2.06. The van der Waals surface area contributed by atoms with Crippen molar-refractivity contribution < 1.29 is 4.79 Å². The third kappa shape index (κ3) is 1.34. The summed E-state index contributed by atoms with van der Waals surface area (Å²) in [6.45, 7) is 3.31. The molecule has 0 aliphatic carbocycles. The summed E-state index contributed by atoms with van der Waals surface area (Å²) in [5, 5.41) is 1.33. The molecule has 0 aromatic carbocycles. The summed E-state index contributed by atoms with van der Waals surface area (Å²) in [5.41, 5.74) is 3.67. The summed E-state index contributed by atoms with van der Waals surface area (Å²) < 4.78 is 0. The standard InChI is InChI=1S/C6H9N3O/c1-5-3-7-4-9(8-5)6(2)10/h3-4,8H,1-2H3. The van der Waals surface area contributed by atoms with Crippen molar-refractivity contribution in [1.82, 2.24) is 10.4 Å². The van der Waals surface area contributed by atoms with Crippen LogP contribution in [0.4, 0.5) is 0 Å². The van der Waals surface area contributed by atoms with Crippen LogP contribution in [0.5, 0.6) is 0 Å². The Kier molecular flexibility index (Phi) is 1.71. The van der Waals surface area contributed by atoms with Gasteiger partial charge in [0.2, 0.25) is 5.91 Å². The Morgan fingerprint density at radius 1 is 1.80 bits per heavy atom. The van der Waals surface area contributed by atoms with Crippen LogP contribution in [0.1, 0.15) is 13.8 Å². The number of nitrogens with zero attached hydrogens (tertiary/aromatic N) is 2. The quantitative estimate of drug-likeness (QED) is 0.522. The summed E-state index contributed by atoms with van der Waals surface area (Å²) >= 11 is 0. The first-order valence-electron chi connectivity index (χ1n) is 2.96. The Balaban J connectivity index is 2.64. The second-order valence-corrected chi connectivity index (χ2v) is 2.08. The molecule has 10 heavy (non-hydrogen) atoms. The van der Waals surface area contributed by atoms with Gasteiger partial charge in [0.1, 0.15) is 6.34 Å². The average molecular weight is 139 g/mol. The van der Waals surface area contributed by atoms with E-state index in [0.717, 1.165) is 5.70 Å². The second-order valence-electron chi connectivity index (χ2n) is 2.08. The lowest BCUT2D eigenvalue weighted by molar-refractivity contribution is -0.126. The third-order valence-corrected chi connectivity index (χ3v) is 1.09. The Bertz CT molecular complexity index is 207. The van der Waals surface area contributed by atoms with Crippen molar-refractivity contribution in [3.63, 3.8) is 0 Å². The fourth-order valence-electron chi connectivity index (χ4n) is 0.620. The molecule has 0 spiro atoms. The van der Waals surface area contributed by atoms with E-state index in [9.17, 15) is 4.79 Å². The maximum Gasteiger partial charge on any atom is 0.243 e. The highest BCUT2D eigenvalue weighted by molar-refractivity contribution is 5.85. The van der Waals surface area contributed by atoms with Crippen molar-refractivity contribution in [2.24, 2.45) is 4.99 Å². The van der Waals surface area contributed by atoms with Gasteiger partial charge in [-0.3, -0.25) is 10.2 Å². The molecule has 1 heterocycles. The number of amides is 1. The molecule has 54 valence electrons. The van der Waals surface area contributed by atoms with E-state index in [2.05, 4.69) is 10.4 Å². The maximum absolute atomic E-state index is 10.7. The number of hydrogen-bond donors (Lipinski definition) is 1. The Labute approximate surface area is 59.2 Å². The molecule has 0 aromatic rings. The van der Waals surface area contributed by atoms with E-state index in [1.807, 2.05) is 6.92 Å². The first kappa shape index (κ1) is 6.80. The third-order valence-electron chi connectivity index (χ3n) is 1.09. The zero-order chi connectivity index (χ0) is 7.56. The van der Waals surface area contributed by atoms with Gasteiger partial charge in [0, 0.05) is 18.8 Å². The first-order valence-corrected chi connectivity index (χ1v) is 2.96. The van der Waals surface area contributed by atoms with Crippen LogP contribution in [0.25, 0.3) is 0 Å². The van der Waals surface area contributed by atoms with Gasteiger partial charge < -0.3 is 0 Å². The summed E-state index contributed by atoms with van der Waals surface area (Å²) in [5.74, 6) is -0.0730. The zero-order valence-corrected chi connectivity index (χ0v) is 5.96. The number of hydrogen-bond acceptors (Lipinski definition) is 3. The van der Waals surface area contributed by atoms with Crippen LogP contribution in [0.3, 0.4) is 0 Å². The fraction of sp³-hybridized carbons (Fsp3) is 0.333. The Morgan fingerprint density at radius 3 is 2.90 bits per heavy atom. The summed E-state index contributed by atoms with van der Waals surface area (Å²) in [4.78, 5) is 14.5. The van der Waals surface area contributed by atoms with Gasteiger partial charge in [-0.25, -0.2) is 10.0 Å². The molecule has 0 saturated heterocycles. The molecule has 1 aliphatic rings. The largest absolute Gasteiger partial charge is 0.293 e. The molecule has 0 saturated carbocycles. The normalized spacial score (nSPS) is 16.2. The molecule has 1 N–H and O–H groups in total. The number of carbonyl (C=O) groups is 1. The number of hydrazine groups is 1. The summed E-state index contributed by atoms with van der Waals surface area (Å²) in [7, 11) is 0. The van der Waals surface area contributed by atoms with Crippen molar-refractivity contribution in [3.05, 3.63) is 11.9 Å². The smallest absolute Gasteiger partial charge is 0.243 e. The van der Waals surface area contributed by atoms with E-state index in [0.29, 0.717) is 0 Å². The summed E-state index contributed by atoms with van der Waals surface area (Å²) in [6.07, 6.45) is 3.09. The molecule has 4 heteroatoms. The van der Waals surface area contributed by atoms with Crippen molar-refractivity contribution in [3.8, 4) is 0 Å². The van der Waals surface area contributed by atoms with E-state index in [4.69, 9.17) is 0 Å². The molecule has 0 atom stereocenters. The minimum absolute atomic E-state index is 0.0730. The molecule has 1 amide bonds.